The van der Waals surface area contributed by atoms with Crippen molar-refractivity contribution < 1.29 is 19.0 Å². The number of halogens is 1. The van der Waals surface area contributed by atoms with Gasteiger partial charge in [0.2, 0.25) is 5.91 Å². The lowest BCUT2D eigenvalue weighted by Gasteiger charge is -2.39. The van der Waals surface area contributed by atoms with E-state index < -0.39 is 15.9 Å². The molecule has 0 saturated carbocycles. The quantitative estimate of drug-likeness (QED) is 0.0349. The summed E-state index contributed by atoms with van der Waals surface area (Å²) in [6.45, 7) is 17.4. The van der Waals surface area contributed by atoms with Crippen molar-refractivity contribution in [2.24, 2.45) is 7.05 Å². The van der Waals surface area contributed by atoms with Crippen molar-refractivity contribution in [2.45, 2.75) is 120 Å². The Bertz CT molecular complexity index is 1770. The van der Waals surface area contributed by atoms with Crippen LogP contribution < -0.4 is 19.9 Å². The van der Waals surface area contributed by atoms with Gasteiger partial charge >= 0.3 is 5.65 Å². The van der Waals surface area contributed by atoms with Crippen molar-refractivity contribution in [3.05, 3.63) is 69.1 Å². The molecule has 0 aliphatic rings. The van der Waals surface area contributed by atoms with Crippen LogP contribution in [0.2, 0.25) is 5.02 Å². The Balaban J connectivity index is 1.54. The number of H-pyrrole nitrogens is 1. The number of aromatic nitrogens is 4. The number of fused-ring (bicyclic) bond motifs is 1. The zero-order valence-corrected chi connectivity index (χ0v) is 31.8. The zero-order valence-electron chi connectivity index (χ0n) is 30.2. The summed E-state index contributed by atoms with van der Waals surface area (Å²) in [5, 5.41) is 26.1. The minimum absolute atomic E-state index is 0.0534. The van der Waals surface area contributed by atoms with E-state index in [1.54, 1.807) is 17.8 Å². The lowest BCUT2D eigenvalue weighted by molar-refractivity contribution is -0.621. The monoisotopic (exact) mass is 712 g/mol. The van der Waals surface area contributed by atoms with Crippen molar-refractivity contribution in [3.8, 4) is 5.75 Å². The van der Waals surface area contributed by atoms with E-state index in [-0.39, 0.29) is 28.8 Å². The molecule has 3 N–H and O–H groups in total. The number of aromatic amines is 1. The minimum Gasteiger partial charge on any atom is -0.478 e. The summed E-state index contributed by atoms with van der Waals surface area (Å²) >= 11 is 7.62. The molecule has 0 unspecified atom stereocenters. The Morgan fingerprint density at radius 3 is 2.37 bits per heavy atom. The van der Waals surface area contributed by atoms with E-state index in [0.717, 1.165) is 45.5 Å². The van der Waals surface area contributed by atoms with Gasteiger partial charge in [-0.1, -0.05) is 76.7 Å². The van der Waals surface area contributed by atoms with E-state index in [2.05, 4.69) is 87.4 Å². The van der Waals surface area contributed by atoms with E-state index in [1.165, 1.54) is 31.4 Å². The van der Waals surface area contributed by atoms with Crippen LogP contribution in [0, 0.1) is 10.1 Å². The van der Waals surface area contributed by atoms with Crippen molar-refractivity contribution in [3.63, 3.8) is 0 Å². The van der Waals surface area contributed by atoms with Crippen LogP contribution in [-0.2, 0) is 22.7 Å². The van der Waals surface area contributed by atoms with Crippen LogP contribution in [0.15, 0.2) is 52.3 Å². The summed E-state index contributed by atoms with van der Waals surface area (Å²) in [7, 11) is 2.06. The molecule has 11 nitrogen and oxygen atoms in total. The average molecular weight is 713 g/mol. The first-order chi connectivity index (χ1) is 23.0. The number of aryl methyl sites for hydroxylation is 1. The first-order valence-electron chi connectivity index (χ1n) is 16.9. The molecule has 0 radical (unpaired) electrons. The minimum atomic E-state index is -0.527. The van der Waals surface area contributed by atoms with Gasteiger partial charge in [-0.05, 0) is 70.5 Å². The molecule has 0 fully saturated rings. The van der Waals surface area contributed by atoms with Gasteiger partial charge in [0.15, 0.2) is 0 Å². The van der Waals surface area contributed by atoms with Crippen LogP contribution in [-0.4, -0.2) is 38.0 Å². The zero-order chi connectivity index (χ0) is 36.1. The Kier molecular flexibility index (Phi) is 12.1. The maximum absolute atomic E-state index is 12.5. The fourth-order valence-electron chi connectivity index (χ4n) is 5.80. The second-order valence-corrected chi connectivity index (χ2v) is 16.1. The highest BCUT2D eigenvalue weighted by Gasteiger charge is 2.47. The number of hydrogen-bond donors (Lipinski definition) is 3. The van der Waals surface area contributed by atoms with Crippen LogP contribution in [0.1, 0.15) is 105 Å². The number of nitrogens with one attached hydrogen (secondary N) is 3. The molecule has 49 heavy (non-hydrogen) atoms. The maximum Gasteiger partial charge on any atom is 0.339 e. The summed E-state index contributed by atoms with van der Waals surface area (Å²) in [4.78, 5) is 25.4. The predicted molar refractivity (Wildman–Crippen MR) is 196 cm³/mol. The molecule has 0 aliphatic heterocycles. The highest BCUT2D eigenvalue weighted by atomic mass is 35.5. The first kappa shape index (κ1) is 38.2. The molecule has 0 bridgehead atoms. The van der Waals surface area contributed by atoms with Crippen LogP contribution in [0.3, 0.4) is 0 Å². The molecular weight excluding hydrogens is 662 g/mol. The molecule has 266 valence electrons. The van der Waals surface area contributed by atoms with E-state index in [9.17, 15) is 14.9 Å². The van der Waals surface area contributed by atoms with Gasteiger partial charge in [0.1, 0.15) is 22.4 Å². The van der Waals surface area contributed by atoms with Gasteiger partial charge in [-0.15, -0.1) is 9.61 Å². The third-order valence-corrected chi connectivity index (χ3v) is 10.7. The topological polar surface area (TPSA) is 131 Å². The summed E-state index contributed by atoms with van der Waals surface area (Å²) < 4.78 is 10.2. The van der Waals surface area contributed by atoms with Crippen molar-refractivity contribution in [2.75, 3.05) is 12.0 Å². The molecule has 2 heterocycles. The number of nitrogens with zero attached hydrogens (tertiary/aromatic N) is 4. The van der Waals surface area contributed by atoms with Gasteiger partial charge in [-0.3, -0.25) is 20.2 Å². The van der Waals surface area contributed by atoms with Gasteiger partial charge in [0.25, 0.3) is 11.5 Å². The van der Waals surface area contributed by atoms with Crippen molar-refractivity contribution >= 4 is 46.3 Å². The highest BCUT2D eigenvalue weighted by molar-refractivity contribution is 7.99. The molecule has 4 aromatic rings. The summed E-state index contributed by atoms with van der Waals surface area (Å²) in [5.74, 6) is 1.30. The smallest absolute Gasteiger partial charge is 0.339 e. The number of unbranched alkanes of at least 4 members (excludes halogenated alkanes) is 4. The number of rotatable bonds is 16. The first-order valence-corrected chi connectivity index (χ1v) is 18.1. The molecule has 2 aromatic heterocycles. The van der Waals surface area contributed by atoms with Gasteiger partial charge in [-0.2, -0.15) is 0 Å². The van der Waals surface area contributed by atoms with Gasteiger partial charge in [0.05, 0.1) is 22.1 Å². The standard InChI is InChI=1S/C36H50ClN7O4S/c1-10-11-12-13-14-15-29(45)39-24-16-19-26(20-17-24)49-30-31(34(2,3)4)42(9)43-32(30)40-41-33(43)35(5,6)36(7,8)38-23-48-25-18-21-27(37)28(22-25)44(46)47/h16-22,38H,10-15,23H2,1-9H3,(H,39,45)/p+1. The fraction of sp³-hybridized carbons (Fsp3) is 0.528. The second-order valence-electron chi connectivity index (χ2n) is 14.6. The van der Waals surface area contributed by atoms with Crippen molar-refractivity contribution in [1.82, 2.24) is 20.2 Å². The molecule has 4 rings (SSSR count). The number of nitro benzene ring substituents is 1. The average Bonchev–Trinajstić information content (AvgIpc) is 3.58. The lowest BCUT2D eigenvalue weighted by Crippen LogP contribution is -2.58. The Morgan fingerprint density at radius 1 is 1.06 bits per heavy atom. The number of carbonyl (C=O) groups is 1. The van der Waals surface area contributed by atoms with Crippen LogP contribution >= 0.6 is 23.4 Å². The van der Waals surface area contributed by atoms with Gasteiger partial charge < -0.3 is 10.1 Å². The van der Waals surface area contributed by atoms with Crippen LogP contribution in [0.5, 0.6) is 5.75 Å². The Labute approximate surface area is 298 Å². The Morgan fingerprint density at radius 2 is 1.73 bits per heavy atom. The maximum atomic E-state index is 12.5. The molecule has 0 atom stereocenters. The molecule has 0 saturated heterocycles. The highest BCUT2D eigenvalue weighted by Crippen LogP contribution is 2.40. The summed E-state index contributed by atoms with van der Waals surface area (Å²) in [6.07, 6.45) is 6.13. The van der Waals surface area contributed by atoms with Crippen LogP contribution in [0.25, 0.3) is 5.65 Å². The third-order valence-electron chi connectivity index (χ3n) is 9.32. The Hall–Kier alpha value is -3.61. The number of carbonyl (C=O) groups excluding carboxylic acids is 1. The number of benzene rings is 2. The number of hydrogen-bond acceptors (Lipinski definition) is 7. The molecule has 0 spiro atoms. The van der Waals surface area contributed by atoms with Crippen molar-refractivity contribution in [1.29, 1.82) is 0 Å². The largest absolute Gasteiger partial charge is 0.478 e. The lowest BCUT2D eigenvalue weighted by atomic mass is 9.74. The number of amides is 1. The number of ether oxygens (including phenoxy) is 1. The number of anilines is 1. The SMILES string of the molecule is CCCCCCCC(=O)Nc1ccc(Sc2c(C(C)(C)C)n(C)[n+]3c(C(C)(C)C(C)(C)NCOc4ccc(Cl)c([N+](=O)[O-])c4)[nH]nc23)cc1. The predicted octanol–water partition coefficient (Wildman–Crippen LogP) is 8.48. The van der Waals surface area contributed by atoms with E-state index >= 15 is 0 Å². The van der Waals surface area contributed by atoms with E-state index in [1.807, 2.05) is 24.3 Å². The molecule has 1 amide bonds. The second kappa shape index (κ2) is 15.5. The molecule has 0 aliphatic carbocycles. The van der Waals surface area contributed by atoms with Gasteiger partial charge in [-0.25, -0.2) is 4.68 Å². The molecule has 13 heteroatoms. The van der Waals surface area contributed by atoms with Crippen LogP contribution in [0.4, 0.5) is 11.4 Å². The molecule has 2 aromatic carbocycles. The molecular formula is C36H51ClN7O4S+. The van der Waals surface area contributed by atoms with Gasteiger partial charge in [0, 0.05) is 40.1 Å². The third kappa shape index (κ3) is 8.77. The summed E-state index contributed by atoms with van der Waals surface area (Å²) in [6, 6.07) is 12.4. The van der Waals surface area contributed by atoms with E-state index in [4.69, 9.17) is 21.4 Å². The normalized spacial score (nSPS) is 12.4. The summed E-state index contributed by atoms with van der Waals surface area (Å²) in [5.41, 5.74) is 1.35. The van der Waals surface area contributed by atoms with E-state index in [0.29, 0.717) is 12.2 Å². The fourth-order valence-corrected chi connectivity index (χ4v) is 7.25. The number of nitro groups is 1.